The van der Waals surface area contributed by atoms with E-state index in [0.717, 1.165) is 0 Å². The summed E-state index contributed by atoms with van der Waals surface area (Å²) in [5, 5.41) is 0. The lowest BCUT2D eigenvalue weighted by Gasteiger charge is -2.22. The lowest BCUT2D eigenvalue weighted by atomic mass is 10.4. The Morgan fingerprint density at radius 3 is 1.42 bits per heavy atom. The molecule has 0 aromatic carbocycles. The topological polar surface area (TPSA) is 0 Å². The van der Waals surface area contributed by atoms with Gasteiger partial charge in [-0.25, -0.2) is 13.2 Å². The van der Waals surface area contributed by atoms with E-state index in [4.69, 9.17) is 0 Å². The first-order valence-corrected chi connectivity index (χ1v) is 6.53. The molecule has 0 rings (SSSR count). The fraction of sp³-hybridized carbons (Fsp3) is 1.00. The number of hydrogen-bond acceptors (Lipinski definition) is 0. The van der Waals surface area contributed by atoms with Crippen molar-refractivity contribution < 1.29 is 26.3 Å². The Balaban J connectivity index is 4.57. The molecule has 1 unspecified atom stereocenters. The summed E-state index contributed by atoms with van der Waals surface area (Å²) in [5.41, 5.74) is -4.68. The van der Waals surface area contributed by atoms with Gasteiger partial charge in [-0.15, -0.1) is 22.2 Å². The Morgan fingerprint density at radius 1 is 1.00 bits per heavy atom. The molecule has 0 saturated heterocycles. The summed E-state index contributed by atoms with van der Waals surface area (Å²) in [6.45, 7) is 0. The van der Waals surface area contributed by atoms with E-state index in [1.165, 1.54) is 0 Å². The second-order valence-corrected chi connectivity index (χ2v) is 6.54. The van der Waals surface area contributed by atoms with Crippen LogP contribution in [-0.4, -0.2) is 25.3 Å². The predicted molar refractivity (Wildman–Crippen MR) is 34.8 cm³/mol. The first-order chi connectivity index (χ1) is 5.10. The summed E-state index contributed by atoms with van der Waals surface area (Å²) < 4.78 is 70.3. The molecule has 0 bridgehead atoms. The van der Waals surface area contributed by atoms with Crippen LogP contribution in [-0.2, 0) is 0 Å². The molecule has 0 amide bonds. The Hall–Kier alpha value is 0.377. The summed E-state index contributed by atoms with van der Waals surface area (Å²) in [7, 11) is -4.02. The first-order valence-electron chi connectivity index (χ1n) is 2.47. The summed E-state index contributed by atoms with van der Waals surface area (Å²) in [5.74, 6) is 0. The quantitative estimate of drug-likeness (QED) is 0.402. The summed E-state index contributed by atoms with van der Waals surface area (Å²) in [4.78, 5) is 0. The van der Waals surface area contributed by atoms with Crippen LogP contribution in [0.4, 0.5) is 26.3 Å². The van der Waals surface area contributed by atoms with Crippen molar-refractivity contribution in [3.05, 3.63) is 0 Å². The molecule has 0 aliphatic heterocycles. The zero-order valence-electron chi connectivity index (χ0n) is 5.18. The van der Waals surface area contributed by atoms with Gasteiger partial charge in [-0.3, -0.25) is 0 Å². The number of halogens is 8. The van der Waals surface area contributed by atoms with Crippen molar-refractivity contribution in [2.75, 3.05) is 0 Å². The molecule has 0 aliphatic rings. The number of rotatable bonds is 2. The van der Waals surface area contributed by atoms with E-state index < -0.39 is 25.3 Å². The average molecular weight is 251 g/mol. The molecule has 12 heavy (non-hydrogen) atoms. The van der Waals surface area contributed by atoms with Gasteiger partial charge in [0.25, 0.3) is 11.7 Å². The van der Waals surface area contributed by atoms with E-state index in [1.807, 2.05) is 0 Å². The van der Waals surface area contributed by atoms with Crippen molar-refractivity contribution >= 4 is 29.6 Å². The molecule has 0 spiro atoms. The molecule has 0 heterocycles. The molecule has 0 aromatic heterocycles. The molecule has 1 atom stereocenters. The van der Waals surface area contributed by atoms with Gasteiger partial charge in [0, 0.05) is 0 Å². The van der Waals surface area contributed by atoms with Crippen molar-refractivity contribution in [1.29, 1.82) is 0 Å². The van der Waals surface area contributed by atoms with Crippen LogP contribution in [0.2, 0.25) is 0 Å². The normalized spacial score (nSPS) is 16.8. The van der Waals surface area contributed by atoms with Gasteiger partial charge in [-0.1, -0.05) is 0 Å². The van der Waals surface area contributed by atoms with Gasteiger partial charge in [0.2, 0.25) is 0 Å². The Kier molecular flexibility index (Phi) is 3.74. The highest BCUT2D eigenvalue weighted by Gasteiger charge is 2.60. The van der Waals surface area contributed by atoms with Gasteiger partial charge >= 0.3 is 13.6 Å². The molecule has 0 fully saturated rings. The van der Waals surface area contributed by atoms with Gasteiger partial charge in [0.05, 0.1) is 0 Å². The number of hydrogen-bond donors (Lipinski definition) is 0. The monoisotopic (exact) mass is 250 g/mol. The first kappa shape index (κ1) is 12.4. The van der Waals surface area contributed by atoms with Crippen LogP contribution >= 0.6 is 22.2 Å². The molecule has 9 heteroatoms. The van der Waals surface area contributed by atoms with Gasteiger partial charge in [-0.2, -0.15) is 13.2 Å². The van der Waals surface area contributed by atoms with E-state index in [9.17, 15) is 26.3 Å². The maximum atomic E-state index is 12.1. The Morgan fingerprint density at radius 2 is 1.33 bits per heavy atom. The highest BCUT2D eigenvalue weighted by Crippen LogP contribution is 2.38. The molecular formula is C3H2Cl2F6Si. The maximum absolute atomic E-state index is 12.1. The van der Waals surface area contributed by atoms with Crippen LogP contribution in [0.1, 0.15) is 0 Å². The van der Waals surface area contributed by atoms with Gasteiger partial charge in [-0.05, 0) is 0 Å². The van der Waals surface area contributed by atoms with Crippen molar-refractivity contribution in [3.63, 3.8) is 0 Å². The lowest BCUT2D eigenvalue weighted by molar-refractivity contribution is -0.222. The van der Waals surface area contributed by atoms with Crippen LogP contribution in [0, 0.1) is 0 Å². The highest BCUT2D eigenvalue weighted by atomic mass is 35.7. The lowest BCUT2D eigenvalue weighted by Crippen LogP contribution is -2.47. The summed E-state index contributed by atoms with van der Waals surface area (Å²) in [6, 6.07) is 0. The largest absolute Gasteiger partial charge is 0.425 e. The molecule has 0 saturated carbocycles. The summed E-state index contributed by atoms with van der Waals surface area (Å²) in [6.07, 6.45) is -9.91. The van der Waals surface area contributed by atoms with Crippen molar-refractivity contribution in [2.45, 2.75) is 17.9 Å². The standard InChI is InChI=1S/C3H2Cl2F6Si/c4-12(5)3(10,11)1(6)2(7,8)9/h1,12H. The van der Waals surface area contributed by atoms with Crippen LogP contribution in [0.3, 0.4) is 0 Å². The molecule has 0 radical (unpaired) electrons. The second-order valence-electron chi connectivity index (χ2n) is 1.88. The maximum Gasteiger partial charge on any atom is 0.425 e. The molecule has 0 aliphatic carbocycles. The van der Waals surface area contributed by atoms with Crippen LogP contribution in [0.25, 0.3) is 0 Å². The van der Waals surface area contributed by atoms with Crippen LogP contribution < -0.4 is 0 Å². The van der Waals surface area contributed by atoms with Crippen LogP contribution in [0.15, 0.2) is 0 Å². The zero-order chi connectivity index (χ0) is 10.2. The van der Waals surface area contributed by atoms with E-state index in [2.05, 4.69) is 22.2 Å². The minimum Gasteiger partial charge on any atom is -0.231 e. The third kappa shape index (κ3) is 2.70. The molecule has 0 N–H and O–H groups in total. The fourth-order valence-corrected chi connectivity index (χ4v) is 1.40. The minimum absolute atomic E-state index is 4.02. The fourth-order valence-electron chi connectivity index (χ4n) is 0.329. The number of alkyl halides is 6. The van der Waals surface area contributed by atoms with E-state index in [-0.39, 0.29) is 0 Å². The third-order valence-corrected chi connectivity index (χ3v) is 3.54. The van der Waals surface area contributed by atoms with E-state index in [1.54, 1.807) is 0 Å². The minimum atomic E-state index is -5.63. The molecule has 74 valence electrons. The van der Waals surface area contributed by atoms with Crippen molar-refractivity contribution in [1.82, 2.24) is 0 Å². The van der Waals surface area contributed by atoms with Gasteiger partial charge < -0.3 is 0 Å². The zero-order valence-corrected chi connectivity index (χ0v) is 7.84. The van der Waals surface area contributed by atoms with E-state index in [0.29, 0.717) is 0 Å². The Labute approximate surface area is 74.5 Å². The predicted octanol–water partition coefficient (Wildman–Crippen LogP) is 2.76. The van der Waals surface area contributed by atoms with Gasteiger partial charge in [0.15, 0.2) is 0 Å². The molecular weight excluding hydrogens is 249 g/mol. The van der Waals surface area contributed by atoms with E-state index >= 15 is 0 Å². The van der Waals surface area contributed by atoms with Crippen molar-refractivity contribution in [3.8, 4) is 0 Å². The second kappa shape index (κ2) is 3.63. The SMILES string of the molecule is FC(C(F)(F)F)C(F)(F)[SiH](Cl)Cl. The third-order valence-electron chi connectivity index (χ3n) is 0.916. The smallest absolute Gasteiger partial charge is 0.231 e. The average Bonchev–Trinajstić information content (AvgIpc) is 1.83. The molecule has 0 aromatic rings. The van der Waals surface area contributed by atoms with Crippen molar-refractivity contribution in [2.24, 2.45) is 0 Å². The molecule has 0 nitrogen and oxygen atoms in total. The highest BCUT2D eigenvalue weighted by molar-refractivity contribution is 7.34. The Bertz CT molecular complexity index is 155. The van der Waals surface area contributed by atoms with Gasteiger partial charge in [0.1, 0.15) is 0 Å². The van der Waals surface area contributed by atoms with Crippen LogP contribution in [0.5, 0.6) is 0 Å². The summed E-state index contributed by atoms with van der Waals surface area (Å²) >= 11 is 9.17.